The SMILES string of the molecule is Cc1cc(O)c2c(c1)C(=O)c1c(c3cc4c(nccc14)NC[C@@H](O)[C@@]14CC5(CCCC5)C[C@@H]1c1cc[n-]c1C1=C[C@@]5(O3)O[C@@]3(C1=C4CC1(CC4(CCCC4)C4(CCCC4)C1)[C@H]3O)[C@@H](O)[C@H](O)[C@H]5O)C2=O. The van der Waals surface area contributed by atoms with Gasteiger partial charge in [-0.1, -0.05) is 55.7 Å². The van der Waals surface area contributed by atoms with Gasteiger partial charge in [-0.05, 0) is 152 Å². The highest BCUT2D eigenvalue weighted by Gasteiger charge is 2.78. The van der Waals surface area contributed by atoms with Crippen molar-refractivity contribution in [2.24, 2.45) is 27.1 Å². The van der Waals surface area contributed by atoms with Gasteiger partial charge in [-0.25, -0.2) is 4.98 Å². The number of ketones is 2. The molecule has 12 aliphatic rings. The zero-order valence-electron chi connectivity index (χ0n) is 39.5. The number of ether oxygens (including phenoxy) is 2. The van der Waals surface area contributed by atoms with Crippen LogP contribution in [0, 0.1) is 34.0 Å². The Balaban J connectivity index is 1.06. The zero-order chi connectivity index (χ0) is 47.7. The molecule has 13 nitrogen and oxygen atoms in total. The Morgan fingerprint density at radius 3 is 2.24 bits per heavy atom. The van der Waals surface area contributed by atoms with Gasteiger partial charge in [-0.3, -0.25) is 9.59 Å². The maximum absolute atomic E-state index is 15.2. The summed E-state index contributed by atoms with van der Waals surface area (Å²) in [4.78, 5) is 40.1. The molecule has 4 aliphatic heterocycles. The summed E-state index contributed by atoms with van der Waals surface area (Å²) < 4.78 is 14.7. The smallest absolute Gasteiger partial charge is 0.261 e. The summed E-state index contributed by atoms with van der Waals surface area (Å²) in [6, 6.07) is 8.29. The number of phenols is 1. The number of nitrogens with zero attached hydrogens (tertiary/aromatic N) is 2. The Labute approximate surface area is 405 Å². The lowest BCUT2D eigenvalue weighted by molar-refractivity contribution is -0.366. The molecule has 5 saturated carbocycles. The fourth-order valence-electron chi connectivity index (χ4n) is 18.9. The number of rotatable bonds is 0. The number of carbonyl (C=O) groups is 2. The number of carbonyl (C=O) groups excluding carboxylic acids is 2. The van der Waals surface area contributed by atoms with Gasteiger partial charge in [0.15, 0.2) is 17.5 Å². The third kappa shape index (κ3) is 4.85. The second kappa shape index (κ2) is 13.6. The number of benzene rings is 2. The highest BCUT2D eigenvalue weighted by molar-refractivity contribution is 6.34. The number of phenolic OH excluding ortho intramolecular Hbond substituents is 1. The summed E-state index contributed by atoms with van der Waals surface area (Å²) in [6.45, 7) is 1.77. The van der Waals surface area contributed by atoms with E-state index >= 15 is 9.59 Å². The van der Waals surface area contributed by atoms with Crippen LogP contribution in [0.25, 0.3) is 16.3 Å². The normalized spacial score (nSPS) is 37.2. The molecule has 13 heteroatoms. The van der Waals surface area contributed by atoms with E-state index in [1.807, 2.05) is 6.07 Å². The van der Waals surface area contributed by atoms with Crippen molar-refractivity contribution in [3.05, 3.63) is 99.0 Å². The van der Waals surface area contributed by atoms with Gasteiger partial charge in [0.1, 0.15) is 29.5 Å². The molecular formula is C57H60N3O10-. The van der Waals surface area contributed by atoms with Gasteiger partial charge in [-0.2, -0.15) is 6.20 Å². The lowest BCUT2D eigenvalue weighted by Crippen LogP contribution is -2.79. The lowest BCUT2D eigenvalue weighted by Gasteiger charge is -2.64. The van der Waals surface area contributed by atoms with E-state index in [0.717, 1.165) is 94.6 Å². The van der Waals surface area contributed by atoms with Gasteiger partial charge in [0.25, 0.3) is 5.79 Å². The van der Waals surface area contributed by atoms with Crippen molar-refractivity contribution in [1.29, 1.82) is 0 Å². The number of aliphatic hydroxyl groups excluding tert-OH is 5. The monoisotopic (exact) mass is 946 g/mol. The van der Waals surface area contributed by atoms with Crippen molar-refractivity contribution in [3.63, 3.8) is 0 Å². The van der Waals surface area contributed by atoms with E-state index < -0.39 is 64.3 Å². The van der Waals surface area contributed by atoms with E-state index in [9.17, 15) is 30.6 Å². The highest BCUT2D eigenvalue weighted by atomic mass is 16.7. The Hall–Kier alpha value is -4.89. The summed E-state index contributed by atoms with van der Waals surface area (Å²) >= 11 is 0. The number of anilines is 1. The minimum absolute atomic E-state index is 0.000823. The molecule has 364 valence electrons. The van der Waals surface area contributed by atoms with E-state index in [4.69, 9.17) is 19.4 Å². The average Bonchev–Trinajstić information content (AvgIpc) is 4.22. The number of aliphatic hydroxyl groups is 5. The number of aromatic nitrogens is 2. The Kier molecular flexibility index (Phi) is 8.30. The number of aromatic hydroxyl groups is 1. The molecule has 8 bridgehead atoms. The molecule has 0 radical (unpaired) electrons. The predicted octanol–water partition coefficient (Wildman–Crippen LogP) is 7.19. The van der Waals surface area contributed by atoms with E-state index in [1.54, 1.807) is 43.6 Å². The number of hydrogen-bond donors (Lipinski definition) is 7. The molecule has 4 aromatic rings. The van der Waals surface area contributed by atoms with Crippen LogP contribution in [0.5, 0.6) is 11.5 Å². The van der Waals surface area contributed by atoms with Crippen molar-refractivity contribution in [1.82, 2.24) is 9.97 Å². The van der Waals surface area contributed by atoms with Crippen molar-refractivity contribution < 1.29 is 49.7 Å². The predicted molar refractivity (Wildman–Crippen MR) is 255 cm³/mol. The topological polar surface area (TPSA) is 213 Å². The van der Waals surface area contributed by atoms with Gasteiger partial charge in [-0.15, -0.1) is 5.69 Å². The van der Waals surface area contributed by atoms with E-state index in [1.165, 1.54) is 6.07 Å². The maximum Gasteiger partial charge on any atom is 0.261 e. The lowest BCUT2D eigenvalue weighted by atomic mass is 9.50. The molecule has 6 fully saturated rings. The van der Waals surface area contributed by atoms with Crippen LogP contribution in [0.1, 0.15) is 164 Å². The number of aryl methyl sites for hydroxylation is 1. The maximum atomic E-state index is 15.2. The molecule has 8 aliphatic carbocycles. The van der Waals surface area contributed by atoms with Crippen LogP contribution in [0.3, 0.4) is 0 Å². The third-order valence-electron chi connectivity index (χ3n) is 21.3. The fourth-order valence-corrected chi connectivity index (χ4v) is 18.9. The molecule has 70 heavy (non-hydrogen) atoms. The summed E-state index contributed by atoms with van der Waals surface area (Å²) in [7, 11) is 0. The number of fused-ring (bicyclic) bond motifs is 8. The molecule has 16 rings (SSSR count). The minimum Gasteiger partial charge on any atom is -0.663 e. The van der Waals surface area contributed by atoms with Crippen LogP contribution in [0.15, 0.2) is 59.9 Å². The first-order valence-corrected chi connectivity index (χ1v) is 26.2. The van der Waals surface area contributed by atoms with Crippen LogP contribution < -0.4 is 15.0 Å². The quantitative estimate of drug-likeness (QED) is 0.0820. The first-order chi connectivity index (χ1) is 33.7. The van der Waals surface area contributed by atoms with E-state index in [2.05, 4.69) is 5.32 Å². The van der Waals surface area contributed by atoms with Crippen molar-refractivity contribution in [2.75, 3.05) is 11.9 Å². The van der Waals surface area contributed by atoms with Gasteiger partial charge in [0, 0.05) is 40.1 Å². The van der Waals surface area contributed by atoms with Gasteiger partial charge in [0.05, 0.1) is 23.3 Å². The van der Waals surface area contributed by atoms with Crippen LogP contribution in [-0.2, 0) is 4.74 Å². The van der Waals surface area contributed by atoms with Crippen molar-refractivity contribution in [3.8, 4) is 11.5 Å². The van der Waals surface area contributed by atoms with E-state index in [-0.39, 0.29) is 62.5 Å². The van der Waals surface area contributed by atoms with Gasteiger partial charge < -0.3 is 50.4 Å². The highest BCUT2D eigenvalue weighted by Crippen LogP contribution is 2.80. The van der Waals surface area contributed by atoms with Crippen molar-refractivity contribution in [2.45, 2.75) is 164 Å². The molecule has 0 amide bonds. The Bertz CT molecular complexity index is 3090. The van der Waals surface area contributed by atoms with Crippen LogP contribution in [0.4, 0.5) is 5.82 Å². The number of hydrogen-bond acceptors (Lipinski definition) is 12. The second-order valence-electron chi connectivity index (χ2n) is 24.4. The summed E-state index contributed by atoms with van der Waals surface area (Å²) in [5, 5.41) is 82.4. The first kappa shape index (κ1) is 42.8. The summed E-state index contributed by atoms with van der Waals surface area (Å²) in [6.07, 6.45) is 12.8. The fraction of sp³-hybridized carbons (Fsp3) is 0.561. The van der Waals surface area contributed by atoms with Crippen LogP contribution in [0.2, 0.25) is 0 Å². The molecular weight excluding hydrogens is 887 g/mol. The largest absolute Gasteiger partial charge is 0.663 e. The number of nitrogens with one attached hydrogen (secondary N) is 1. The first-order valence-electron chi connectivity index (χ1n) is 26.2. The van der Waals surface area contributed by atoms with Crippen molar-refractivity contribution >= 4 is 33.7 Å². The van der Waals surface area contributed by atoms with E-state index in [0.29, 0.717) is 64.7 Å². The summed E-state index contributed by atoms with van der Waals surface area (Å²) in [5.74, 6) is -4.10. The molecule has 7 N–H and O–H groups in total. The molecule has 9 atom stereocenters. The zero-order valence-corrected chi connectivity index (χ0v) is 39.5. The molecule has 1 saturated heterocycles. The summed E-state index contributed by atoms with van der Waals surface area (Å²) in [5.41, 5.74) is -0.503. The molecule has 7 spiro atoms. The average molecular weight is 947 g/mol. The van der Waals surface area contributed by atoms with Gasteiger partial charge >= 0.3 is 0 Å². The molecule has 2 aromatic carbocycles. The third-order valence-corrected chi connectivity index (χ3v) is 21.3. The van der Waals surface area contributed by atoms with Crippen LogP contribution in [-0.4, -0.2) is 95.6 Å². The second-order valence-corrected chi connectivity index (χ2v) is 24.4. The molecule has 2 aromatic heterocycles. The Morgan fingerprint density at radius 2 is 1.51 bits per heavy atom. The van der Waals surface area contributed by atoms with Gasteiger partial charge in [0.2, 0.25) is 5.78 Å². The van der Waals surface area contributed by atoms with Crippen LogP contribution >= 0.6 is 0 Å². The molecule has 0 unspecified atom stereocenters. The number of pyridine rings is 1. The minimum atomic E-state index is -2.41. The standard InChI is InChI=1S/C57H60N3O10/c1-28-18-32-39(36(61)19-28)45(64)41-37-20-31-29(40(41)44(32)63)8-17-59-49(31)60-24-38(62)55-25-51(10-2-3-11-51)22-34(55)30-9-16-58-43(30)33-21-56(69-37)47(66)46(65)48(67)57(70-56)42(33)35(55)23-52(50(57)68)26-53(12-4-5-13-53)54(27-52)14-6-7-15-54/h8-9,16-21,34,38,46-48,50,62,65-68H,2-7,10-15,22-27H2,1H3,(H,61,64)(H,59,60,63)/q-1/t34-,38-,46-,47-,48+,50-,55+,56-,57+/m1/s1. The molecule has 6 heterocycles. The Morgan fingerprint density at radius 1 is 0.800 bits per heavy atom.